The van der Waals surface area contributed by atoms with Crippen molar-refractivity contribution in [3.05, 3.63) is 29.8 Å². The molecule has 1 amide bonds. The number of anilines is 1. The molecule has 4 heteroatoms. The maximum atomic E-state index is 11.8. The number of hydrogen-bond donors (Lipinski definition) is 1. The number of rotatable bonds is 8. The van der Waals surface area contributed by atoms with Gasteiger partial charge in [0.25, 0.3) is 0 Å². The first-order valence-corrected chi connectivity index (χ1v) is 7.32. The van der Waals surface area contributed by atoms with Crippen molar-refractivity contribution < 1.29 is 9.53 Å². The van der Waals surface area contributed by atoms with Crippen LogP contribution in [-0.4, -0.2) is 25.0 Å². The molecule has 0 saturated heterocycles. The van der Waals surface area contributed by atoms with Crippen molar-refractivity contribution in [1.29, 1.82) is 0 Å². The van der Waals surface area contributed by atoms with E-state index in [1.807, 2.05) is 24.3 Å². The van der Waals surface area contributed by atoms with E-state index in [1.54, 1.807) is 7.11 Å². The molecule has 0 radical (unpaired) electrons. The number of methoxy groups -OCH3 is 1. The molecule has 18 heavy (non-hydrogen) atoms. The fourth-order valence-corrected chi connectivity index (χ4v) is 2.06. The van der Waals surface area contributed by atoms with Gasteiger partial charge in [-0.25, -0.2) is 0 Å². The number of unbranched alkanes of at least 4 members (excludes halogenated alkanes) is 1. The van der Waals surface area contributed by atoms with Crippen LogP contribution in [0.1, 0.15) is 24.8 Å². The molecule has 0 atom stereocenters. The lowest BCUT2D eigenvalue weighted by atomic mass is 10.1. The molecule has 1 aromatic rings. The van der Waals surface area contributed by atoms with Crippen molar-refractivity contribution >= 4 is 27.5 Å². The van der Waals surface area contributed by atoms with E-state index >= 15 is 0 Å². The van der Waals surface area contributed by atoms with Crippen LogP contribution in [-0.2, 0) is 16.0 Å². The summed E-state index contributed by atoms with van der Waals surface area (Å²) in [5.41, 5.74) is 2.02. The highest BCUT2D eigenvalue weighted by Gasteiger charge is 2.06. The van der Waals surface area contributed by atoms with Crippen molar-refractivity contribution in [3.63, 3.8) is 0 Å². The first-order chi connectivity index (χ1) is 8.77. The van der Waals surface area contributed by atoms with E-state index < -0.39 is 0 Å². The third-order valence-electron chi connectivity index (χ3n) is 2.65. The van der Waals surface area contributed by atoms with E-state index in [4.69, 9.17) is 4.74 Å². The number of alkyl halides is 1. The fourth-order valence-electron chi connectivity index (χ4n) is 1.67. The predicted molar refractivity (Wildman–Crippen MR) is 78.3 cm³/mol. The van der Waals surface area contributed by atoms with Crippen LogP contribution in [0.4, 0.5) is 5.69 Å². The number of para-hydroxylation sites is 1. The highest BCUT2D eigenvalue weighted by atomic mass is 79.9. The van der Waals surface area contributed by atoms with Crippen LogP contribution in [0.2, 0.25) is 0 Å². The average Bonchev–Trinajstić information content (AvgIpc) is 2.38. The minimum Gasteiger partial charge on any atom is -0.384 e. The van der Waals surface area contributed by atoms with Gasteiger partial charge in [-0.1, -0.05) is 34.1 Å². The van der Waals surface area contributed by atoms with Gasteiger partial charge in [0.2, 0.25) is 5.91 Å². The highest BCUT2D eigenvalue weighted by Crippen LogP contribution is 2.16. The largest absolute Gasteiger partial charge is 0.384 e. The first kappa shape index (κ1) is 15.2. The normalized spacial score (nSPS) is 10.3. The summed E-state index contributed by atoms with van der Waals surface area (Å²) in [6.45, 7) is 0.663. The zero-order valence-corrected chi connectivity index (χ0v) is 12.3. The van der Waals surface area contributed by atoms with Gasteiger partial charge in [-0.3, -0.25) is 4.79 Å². The lowest BCUT2D eigenvalue weighted by Crippen LogP contribution is -2.13. The van der Waals surface area contributed by atoms with E-state index in [1.165, 1.54) is 0 Å². The van der Waals surface area contributed by atoms with Crippen LogP contribution in [0.15, 0.2) is 24.3 Å². The molecule has 0 spiro atoms. The molecule has 0 heterocycles. The number of halogens is 1. The molecule has 100 valence electrons. The van der Waals surface area contributed by atoms with Gasteiger partial charge in [-0.2, -0.15) is 0 Å². The Morgan fingerprint density at radius 1 is 1.33 bits per heavy atom. The Balaban J connectivity index is 2.51. The van der Waals surface area contributed by atoms with Crippen LogP contribution in [0.5, 0.6) is 0 Å². The monoisotopic (exact) mass is 313 g/mol. The van der Waals surface area contributed by atoms with E-state index in [2.05, 4.69) is 21.2 Å². The van der Waals surface area contributed by atoms with Crippen molar-refractivity contribution in [3.8, 4) is 0 Å². The van der Waals surface area contributed by atoms with E-state index in [9.17, 15) is 4.79 Å². The second-order valence-corrected chi connectivity index (χ2v) is 4.89. The van der Waals surface area contributed by atoms with Gasteiger partial charge >= 0.3 is 0 Å². The minimum atomic E-state index is 0.0841. The molecule has 1 aromatic carbocycles. The molecule has 0 fully saturated rings. The summed E-state index contributed by atoms with van der Waals surface area (Å²) >= 11 is 3.36. The predicted octanol–water partition coefficient (Wildman–Crippen LogP) is 3.38. The van der Waals surface area contributed by atoms with E-state index in [0.29, 0.717) is 13.0 Å². The molecule has 1 rings (SSSR count). The average molecular weight is 314 g/mol. The van der Waals surface area contributed by atoms with Crippen molar-refractivity contribution in [2.24, 2.45) is 0 Å². The van der Waals surface area contributed by atoms with Crippen molar-refractivity contribution in [2.45, 2.75) is 25.7 Å². The van der Waals surface area contributed by atoms with Gasteiger partial charge in [-0.15, -0.1) is 0 Å². The first-order valence-electron chi connectivity index (χ1n) is 6.20. The van der Waals surface area contributed by atoms with E-state index in [0.717, 1.165) is 35.8 Å². The number of benzene rings is 1. The Morgan fingerprint density at radius 3 is 2.83 bits per heavy atom. The number of ether oxygens (including phenoxy) is 1. The van der Waals surface area contributed by atoms with Crippen LogP contribution in [0.3, 0.4) is 0 Å². The van der Waals surface area contributed by atoms with Crippen LogP contribution >= 0.6 is 15.9 Å². The smallest absolute Gasteiger partial charge is 0.224 e. The summed E-state index contributed by atoms with van der Waals surface area (Å²) in [4.78, 5) is 11.8. The summed E-state index contributed by atoms with van der Waals surface area (Å²) in [5, 5.41) is 3.92. The molecule has 0 aromatic heterocycles. The minimum absolute atomic E-state index is 0.0841. The van der Waals surface area contributed by atoms with Crippen LogP contribution < -0.4 is 5.32 Å². The molecule has 0 aliphatic rings. The molecule has 0 unspecified atom stereocenters. The highest BCUT2D eigenvalue weighted by molar-refractivity contribution is 9.09. The number of amides is 1. The molecule has 0 saturated carbocycles. The second kappa shape index (κ2) is 9.11. The Hall–Kier alpha value is -0.870. The summed E-state index contributed by atoms with van der Waals surface area (Å²) in [6.07, 6.45) is 3.33. The van der Waals surface area contributed by atoms with Gasteiger partial charge in [0, 0.05) is 24.5 Å². The third kappa shape index (κ3) is 5.65. The standard InChI is InChI=1S/C14H20BrNO2/c1-18-11-9-12-6-2-3-7-13(12)16-14(17)8-4-5-10-15/h2-3,6-7H,4-5,8-11H2,1H3,(H,16,17). The Kier molecular flexibility index (Phi) is 7.69. The molecule has 1 N–H and O–H groups in total. The molecule has 0 bridgehead atoms. The number of carbonyl (C=O) groups excluding carboxylic acids is 1. The molecular formula is C14H20BrNO2. The fraction of sp³-hybridized carbons (Fsp3) is 0.500. The van der Waals surface area contributed by atoms with Crippen molar-refractivity contribution in [2.75, 3.05) is 24.4 Å². The van der Waals surface area contributed by atoms with Gasteiger partial charge in [0.1, 0.15) is 0 Å². The van der Waals surface area contributed by atoms with Crippen LogP contribution in [0, 0.1) is 0 Å². The van der Waals surface area contributed by atoms with Gasteiger partial charge in [-0.05, 0) is 30.9 Å². The number of hydrogen-bond acceptors (Lipinski definition) is 2. The van der Waals surface area contributed by atoms with Gasteiger partial charge < -0.3 is 10.1 Å². The maximum absolute atomic E-state index is 11.8. The SMILES string of the molecule is COCCc1ccccc1NC(=O)CCCCBr. The molecule has 0 aliphatic heterocycles. The molecular weight excluding hydrogens is 294 g/mol. The number of carbonyl (C=O) groups is 1. The Morgan fingerprint density at radius 2 is 2.11 bits per heavy atom. The topological polar surface area (TPSA) is 38.3 Å². The lowest BCUT2D eigenvalue weighted by Gasteiger charge is -2.10. The third-order valence-corrected chi connectivity index (χ3v) is 3.22. The number of nitrogens with one attached hydrogen (secondary N) is 1. The Labute approximate surface area is 117 Å². The summed E-state index contributed by atoms with van der Waals surface area (Å²) in [7, 11) is 1.68. The second-order valence-electron chi connectivity index (χ2n) is 4.09. The molecule has 0 aliphatic carbocycles. The van der Waals surface area contributed by atoms with Crippen LogP contribution in [0.25, 0.3) is 0 Å². The Bertz CT molecular complexity index is 369. The van der Waals surface area contributed by atoms with Gasteiger partial charge in [0.15, 0.2) is 0 Å². The summed E-state index contributed by atoms with van der Waals surface area (Å²) < 4.78 is 5.07. The molecule has 3 nitrogen and oxygen atoms in total. The van der Waals surface area contributed by atoms with Crippen molar-refractivity contribution in [1.82, 2.24) is 0 Å². The maximum Gasteiger partial charge on any atom is 0.224 e. The quantitative estimate of drug-likeness (QED) is 0.590. The lowest BCUT2D eigenvalue weighted by molar-refractivity contribution is -0.116. The summed E-state index contributed by atoms with van der Waals surface area (Å²) in [5.74, 6) is 0.0841. The van der Waals surface area contributed by atoms with Gasteiger partial charge in [0.05, 0.1) is 6.61 Å². The zero-order valence-electron chi connectivity index (χ0n) is 10.7. The summed E-state index contributed by atoms with van der Waals surface area (Å²) in [6, 6.07) is 7.87. The van der Waals surface area contributed by atoms with E-state index in [-0.39, 0.29) is 5.91 Å². The zero-order chi connectivity index (χ0) is 13.2.